The van der Waals surface area contributed by atoms with Crippen LogP contribution in [0.1, 0.15) is 0 Å². The topological polar surface area (TPSA) is 102 Å². The molecular weight excluding hydrogens is 278 g/mol. The molecule has 0 amide bonds. The Morgan fingerprint density at radius 3 is 2.70 bits per heavy atom. The van der Waals surface area contributed by atoms with Gasteiger partial charge >= 0.3 is 0 Å². The lowest BCUT2D eigenvalue weighted by molar-refractivity contribution is 0.597. The third-order valence-electron chi connectivity index (χ3n) is 2.67. The van der Waals surface area contributed by atoms with Gasteiger partial charge in [-0.15, -0.1) is 0 Å². The van der Waals surface area contributed by atoms with Gasteiger partial charge in [0, 0.05) is 12.4 Å². The van der Waals surface area contributed by atoms with Crippen molar-refractivity contribution in [2.24, 2.45) is 0 Å². The van der Waals surface area contributed by atoms with Crippen LogP contribution in [0.25, 0.3) is 5.65 Å². The third kappa shape index (κ3) is 2.05. The molecule has 3 rings (SSSR count). The summed E-state index contributed by atoms with van der Waals surface area (Å²) in [4.78, 5) is 7.94. The Hall–Kier alpha value is -2.61. The lowest BCUT2D eigenvalue weighted by Gasteiger charge is -2.07. The van der Waals surface area contributed by atoms with Crippen LogP contribution in [0.2, 0.25) is 0 Å². The number of hydrogen-bond acceptors (Lipinski definition) is 5. The van der Waals surface area contributed by atoms with E-state index in [9.17, 15) is 8.42 Å². The van der Waals surface area contributed by atoms with Crippen LogP contribution < -0.4 is 10.5 Å². The second-order valence-electron chi connectivity index (χ2n) is 4.05. The number of nitrogens with zero attached hydrogens (tertiary/aromatic N) is 3. The maximum Gasteiger partial charge on any atom is 0.282 e. The highest BCUT2D eigenvalue weighted by molar-refractivity contribution is 7.92. The van der Waals surface area contributed by atoms with Crippen molar-refractivity contribution in [2.45, 2.75) is 5.03 Å². The minimum absolute atomic E-state index is 0.0559. The fraction of sp³-hybridized carbons (Fsp3) is 0. The monoisotopic (exact) mass is 289 g/mol. The van der Waals surface area contributed by atoms with E-state index in [0.29, 0.717) is 5.65 Å². The minimum atomic E-state index is -3.86. The van der Waals surface area contributed by atoms with Gasteiger partial charge in [-0.25, -0.2) is 9.97 Å². The predicted molar refractivity (Wildman–Crippen MR) is 74.6 cm³/mol. The van der Waals surface area contributed by atoms with Crippen molar-refractivity contribution < 1.29 is 8.42 Å². The van der Waals surface area contributed by atoms with Crippen LogP contribution in [0.15, 0.2) is 53.8 Å². The van der Waals surface area contributed by atoms with E-state index >= 15 is 0 Å². The summed E-state index contributed by atoms with van der Waals surface area (Å²) in [5.74, 6) is 0.164. The summed E-state index contributed by atoms with van der Waals surface area (Å²) in [5, 5.41) is -0.0984. The normalized spacial score (nSPS) is 11.6. The summed E-state index contributed by atoms with van der Waals surface area (Å²) < 4.78 is 28.6. The molecule has 0 bridgehead atoms. The number of imidazole rings is 1. The first-order valence-electron chi connectivity index (χ1n) is 5.74. The summed E-state index contributed by atoms with van der Waals surface area (Å²) in [6, 6.07) is 10.1. The minimum Gasteiger partial charge on any atom is -0.381 e. The molecule has 0 unspecified atom stereocenters. The summed E-state index contributed by atoms with van der Waals surface area (Å²) in [7, 11) is -3.86. The van der Waals surface area contributed by atoms with Gasteiger partial charge in [-0.3, -0.25) is 9.12 Å². The van der Waals surface area contributed by atoms with E-state index in [1.807, 2.05) is 0 Å². The van der Waals surface area contributed by atoms with Crippen LogP contribution >= 0.6 is 0 Å². The van der Waals surface area contributed by atoms with Crippen molar-refractivity contribution in [1.29, 1.82) is 0 Å². The number of pyridine rings is 2. The standard InChI is InChI=1S/C12H11N5O2S/c13-11-12(17-8-4-2-6-10(17)15-11)20(18,19)16-9-5-1-3-7-14-9/h1-8H,13H2,(H,14,16). The molecule has 0 aliphatic carbocycles. The van der Waals surface area contributed by atoms with Crippen molar-refractivity contribution in [3.63, 3.8) is 0 Å². The zero-order valence-corrected chi connectivity index (χ0v) is 11.1. The number of hydrogen-bond donors (Lipinski definition) is 2. The molecule has 3 N–H and O–H groups in total. The fourth-order valence-corrected chi connectivity index (χ4v) is 3.09. The van der Waals surface area contributed by atoms with E-state index in [-0.39, 0.29) is 16.7 Å². The molecular formula is C12H11N5O2S. The summed E-state index contributed by atoms with van der Waals surface area (Å²) in [6.45, 7) is 0. The molecule has 3 aromatic rings. The number of nitrogen functional groups attached to an aromatic ring is 1. The van der Waals surface area contributed by atoms with E-state index in [1.54, 1.807) is 42.6 Å². The lowest BCUT2D eigenvalue weighted by atomic mass is 10.5. The molecule has 0 aromatic carbocycles. The molecule has 20 heavy (non-hydrogen) atoms. The summed E-state index contributed by atoms with van der Waals surface area (Å²) in [6.07, 6.45) is 3.08. The summed E-state index contributed by atoms with van der Waals surface area (Å²) >= 11 is 0. The zero-order valence-electron chi connectivity index (χ0n) is 10.3. The molecule has 0 radical (unpaired) electrons. The molecule has 7 nitrogen and oxygen atoms in total. The van der Waals surface area contributed by atoms with E-state index < -0.39 is 10.0 Å². The highest BCUT2D eigenvalue weighted by Gasteiger charge is 2.24. The summed E-state index contributed by atoms with van der Waals surface area (Å²) in [5.41, 5.74) is 6.19. The van der Waals surface area contributed by atoms with Gasteiger partial charge < -0.3 is 5.73 Å². The Kier molecular flexibility index (Phi) is 2.79. The maximum absolute atomic E-state index is 12.4. The molecule has 0 atom stereocenters. The highest BCUT2D eigenvalue weighted by Crippen LogP contribution is 2.21. The number of fused-ring (bicyclic) bond motifs is 1. The van der Waals surface area contributed by atoms with E-state index in [0.717, 1.165) is 0 Å². The van der Waals surface area contributed by atoms with Crippen LogP contribution in [0.3, 0.4) is 0 Å². The largest absolute Gasteiger partial charge is 0.381 e. The van der Waals surface area contributed by atoms with E-state index in [1.165, 1.54) is 10.6 Å². The Balaban J connectivity index is 2.12. The van der Waals surface area contributed by atoms with E-state index in [4.69, 9.17) is 5.73 Å². The number of rotatable bonds is 3. The molecule has 0 fully saturated rings. The number of nitrogens with two attached hydrogens (primary N) is 1. The Morgan fingerprint density at radius 1 is 1.15 bits per heavy atom. The van der Waals surface area contributed by atoms with Gasteiger partial charge in [-0.1, -0.05) is 12.1 Å². The van der Waals surface area contributed by atoms with Gasteiger partial charge in [0.2, 0.25) is 5.03 Å². The molecule has 8 heteroatoms. The number of sulfonamides is 1. The van der Waals surface area contributed by atoms with Crippen molar-refractivity contribution >= 4 is 27.3 Å². The van der Waals surface area contributed by atoms with Gasteiger partial charge in [-0.2, -0.15) is 8.42 Å². The molecule has 0 aliphatic heterocycles. The van der Waals surface area contributed by atoms with Gasteiger partial charge in [0.1, 0.15) is 11.5 Å². The first-order valence-corrected chi connectivity index (χ1v) is 7.23. The average Bonchev–Trinajstić information content (AvgIpc) is 2.75. The van der Waals surface area contributed by atoms with Crippen LogP contribution in [-0.2, 0) is 10.0 Å². The average molecular weight is 289 g/mol. The number of aromatic nitrogens is 3. The third-order valence-corrected chi connectivity index (χ3v) is 4.06. The SMILES string of the molecule is Nc1nc2ccccn2c1S(=O)(=O)Nc1ccccn1. The molecule has 0 saturated heterocycles. The van der Waals surface area contributed by atoms with Gasteiger partial charge in [-0.05, 0) is 24.3 Å². The first-order chi connectivity index (χ1) is 9.58. The lowest BCUT2D eigenvalue weighted by Crippen LogP contribution is -2.17. The van der Waals surface area contributed by atoms with Crippen LogP contribution in [-0.4, -0.2) is 22.8 Å². The quantitative estimate of drug-likeness (QED) is 0.752. The smallest absolute Gasteiger partial charge is 0.282 e. The van der Waals surface area contributed by atoms with Crippen molar-refractivity contribution in [3.05, 3.63) is 48.8 Å². The van der Waals surface area contributed by atoms with Crippen molar-refractivity contribution in [2.75, 3.05) is 10.5 Å². The Bertz CT molecular complexity index is 858. The van der Waals surface area contributed by atoms with Gasteiger partial charge in [0.25, 0.3) is 10.0 Å². The van der Waals surface area contributed by atoms with Gasteiger partial charge in [0.05, 0.1) is 0 Å². The molecule has 0 aliphatic rings. The second-order valence-corrected chi connectivity index (χ2v) is 5.65. The zero-order chi connectivity index (χ0) is 14.2. The van der Waals surface area contributed by atoms with Crippen molar-refractivity contribution in [1.82, 2.24) is 14.4 Å². The maximum atomic E-state index is 12.4. The number of anilines is 2. The molecule has 0 spiro atoms. The first kappa shape index (κ1) is 12.4. The predicted octanol–water partition coefficient (Wildman–Crippen LogP) is 1.11. The number of nitrogens with one attached hydrogen (secondary N) is 1. The van der Waals surface area contributed by atoms with E-state index in [2.05, 4.69) is 14.7 Å². The fourth-order valence-electron chi connectivity index (χ4n) is 1.87. The van der Waals surface area contributed by atoms with Crippen LogP contribution in [0.5, 0.6) is 0 Å². The second kappa shape index (κ2) is 4.49. The Morgan fingerprint density at radius 2 is 1.95 bits per heavy atom. The highest BCUT2D eigenvalue weighted by atomic mass is 32.2. The Labute approximate surface area is 115 Å². The molecule has 3 heterocycles. The van der Waals surface area contributed by atoms with Crippen molar-refractivity contribution in [3.8, 4) is 0 Å². The molecule has 0 saturated carbocycles. The van der Waals surface area contributed by atoms with Crippen LogP contribution in [0.4, 0.5) is 11.6 Å². The van der Waals surface area contributed by atoms with Crippen LogP contribution in [0, 0.1) is 0 Å². The molecule has 102 valence electrons. The molecule has 3 aromatic heterocycles. The van der Waals surface area contributed by atoms with Gasteiger partial charge in [0.15, 0.2) is 5.82 Å².